The average molecular weight is 303 g/mol. The number of benzene rings is 1. The lowest BCUT2D eigenvalue weighted by Crippen LogP contribution is -2.16. The van der Waals surface area contributed by atoms with Crippen molar-refractivity contribution >= 4 is 16.0 Å². The van der Waals surface area contributed by atoms with Crippen LogP contribution in [0.1, 0.15) is 17.3 Å². The van der Waals surface area contributed by atoms with Gasteiger partial charge in [0.2, 0.25) is 10.0 Å². The summed E-state index contributed by atoms with van der Waals surface area (Å²) in [6.07, 6.45) is 0. The van der Waals surface area contributed by atoms with Crippen molar-refractivity contribution in [3.63, 3.8) is 0 Å². The average Bonchev–Trinajstić information content (AvgIpc) is 2.41. The highest BCUT2D eigenvalue weighted by atomic mass is 32.2. The zero-order valence-electron chi connectivity index (χ0n) is 11.3. The molecule has 7 nitrogen and oxygen atoms in total. The van der Waals surface area contributed by atoms with Crippen LogP contribution in [-0.2, 0) is 19.5 Å². The van der Waals surface area contributed by atoms with E-state index in [0.29, 0.717) is 6.61 Å². The molecule has 0 atom stereocenters. The molecule has 0 fully saturated rings. The molecule has 0 radical (unpaired) electrons. The Balaban J connectivity index is 2.89. The van der Waals surface area contributed by atoms with Crippen LogP contribution in [0.15, 0.2) is 23.1 Å². The normalized spacial score (nSPS) is 11.2. The summed E-state index contributed by atoms with van der Waals surface area (Å²) in [5, 5.41) is 5.06. The molecule has 0 saturated carbocycles. The fourth-order valence-electron chi connectivity index (χ4n) is 1.45. The van der Waals surface area contributed by atoms with Crippen LogP contribution in [0.2, 0.25) is 0 Å². The molecule has 0 aromatic heterocycles. The minimum absolute atomic E-state index is 0.0679. The summed E-state index contributed by atoms with van der Waals surface area (Å²) in [4.78, 5) is 11.5. The number of methoxy groups -OCH3 is 1. The molecule has 20 heavy (non-hydrogen) atoms. The van der Waals surface area contributed by atoms with Crippen molar-refractivity contribution in [2.45, 2.75) is 11.8 Å². The molecule has 0 aliphatic carbocycles. The maximum absolute atomic E-state index is 11.7. The smallest absolute Gasteiger partial charge is 0.338 e. The summed E-state index contributed by atoms with van der Waals surface area (Å²) in [7, 11) is -2.68. The maximum Gasteiger partial charge on any atom is 0.338 e. The van der Waals surface area contributed by atoms with E-state index in [0.717, 1.165) is 6.07 Å². The highest BCUT2D eigenvalue weighted by Crippen LogP contribution is 2.24. The molecule has 0 unspecified atom stereocenters. The van der Waals surface area contributed by atoms with Gasteiger partial charge in [0.1, 0.15) is 17.3 Å². The zero-order valence-corrected chi connectivity index (χ0v) is 12.1. The molecule has 0 aliphatic heterocycles. The number of esters is 1. The van der Waals surface area contributed by atoms with E-state index in [4.69, 9.17) is 19.3 Å². The topological polar surface area (TPSA) is 105 Å². The highest BCUT2D eigenvalue weighted by Gasteiger charge is 2.18. The number of sulfonamides is 1. The summed E-state index contributed by atoms with van der Waals surface area (Å²) in [6.45, 7) is 2.71. The van der Waals surface area contributed by atoms with Gasteiger partial charge < -0.3 is 14.2 Å². The molecule has 8 heteroatoms. The van der Waals surface area contributed by atoms with Crippen molar-refractivity contribution < 1.29 is 27.4 Å². The van der Waals surface area contributed by atoms with Gasteiger partial charge in [-0.25, -0.2) is 18.4 Å². The molecule has 0 aliphatic rings. The Morgan fingerprint density at radius 2 is 2.00 bits per heavy atom. The van der Waals surface area contributed by atoms with E-state index in [-0.39, 0.29) is 29.4 Å². The Bertz CT molecular complexity index is 569. The van der Waals surface area contributed by atoms with Crippen LogP contribution < -0.4 is 9.88 Å². The maximum atomic E-state index is 11.7. The van der Waals surface area contributed by atoms with E-state index in [1.807, 2.05) is 6.92 Å². The number of hydrogen-bond acceptors (Lipinski definition) is 6. The van der Waals surface area contributed by atoms with Crippen LogP contribution >= 0.6 is 0 Å². The van der Waals surface area contributed by atoms with Crippen LogP contribution in [0.3, 0.4) is 0 Å². The van der Waals surface area contributed by atoms with Gasteiger partial charge in [-0.3, -0.25) is 0 Å². The van der Waals surface area contributed by atoms with Gasteiger partial charge in [0, 0.05) is 6.61 Å². The van der Waals surface area contributed by atoms with Crippen molar-refractivity contribution in [1.82, 2.24) is 0 Å². The first-order valence-corrected chi connectivity index (χ1v) is 7.40. The van der Waals surface area contributed by atoms with Crippen molar-refractivity contribution in [3.05, 3.63) is 23.8 Å². The van der Waals surface area contributed by atoms with E-state index >= 15 is 0 Å². The Kier molecular flexibility index (Phi) is 5.93. The van der Waals surface area contributed by atoms with Crippen LogP contribution in [-0.4, -0.2) is 41.3 Å². The minimum Gasteiger partial charge on any atom is -0.495 e. The summed E-state index contributed by atoms with van der Waals surface area (Å²) in [5.74, 6) is -0.587. The Labute approximate surface area is 117 Å². The lowest BCUT2D eigenvalue weighted by Gasteiger charge is -2.09. The van der Waals surface area contributed by atoms with E-state index in [1.165, 1.54) is 19.2 Å². The first-order chi connectivity index (χ1) is 9.40. The van der Waals surface area contributed by atoms with Crippen LogP contribution in [0, 0.1) is 0 Å². The molecule has 0 spiro atoms. The van der Waals surface area contributed by atoms with Crippen LogP contribution in [0.5, 0.6) is 5.75 Å². The second-order valence-electron chi connectivity index (χ2n) is 3.74. The summed E-state index contributed by atoms with van der Waals surface area (Å²) in [6, 6.07) is 3.87. The third-order valence-corrected chi connectivity index (χ3v) is 3.30. The Morgan fingerprint density at radius 3 is 2.55 bits per heavy atom. The molecule has 1 rings (SSSR count). The van der Waals surface area contributed by atoms with Crippen molar-refractivity contribution in [2.24, 2.45) is 5.14 Å². The van der Waals surface area contributed by atoms with Crippen LogP contribution in [0.4, 0.5) is 0 Å². The van der Waals surface area contributed by atoms with Gasteiger partial charge in [0.25, 0.3) is 0 Å². The number of hydrogen-bond donors (Lipinski definition) is 1. The van der Waals surface area contributed by atoms with Gasteiger partial charge >= 0.3 is 5.97 Å². The fourth-order valence-corrected chi connectivity index (χ4v) is 2.17. The van der Waals surface area contributed by atoms with Crippen molar-refractivity contribution in [3.8, 4) is 5.75 Å². The van der Waals surface area contributed by atoms with Gasteiger partial charge in [-0.1, -0.05) is 0 Å². The minimum atomic E-state index is -3.99. The third-order valence-electron chi connectivity index (χ3n) is 2.37. The summed E-state index contributed by atoms with van der Waals surface area (Å²) < 4.78 is 37.7. The largest absolute Gasteiger partial charge is 0.495 e. The van der Waals surface area contributed by atoms with Gasteiger partial charge in [-0.2, -0.15) is 0 Å². The summed E-state index contributed by atoms with van der Waals surface area (Å²) in [5.41, 5.74) is 0.0753. The van der Waals surface area contributed by atoms with Gasteiger partial charge in [0.15, 0.2) is 0 Å². The molecule has 112 valence electrons. The number of rotatable bonds is 7. The predicted octanol–water partition coefficient (Wildman–Crippen LogP) is 0.536. The highest BCUT2D eigenvalue weighted by molar-refractivity contribution is 7.89. The second-order valence-corrected chi connectivity index (χ2v) is 5.27. The number of ether oxygens (including phenoxy) is 3. The monoisotopic (exact) mass is 303 g/mol. The first-order valence-electron chi connectivity index (χ1n) is 5.85. The predicted molar refractivity (Wildman–Crippen MR) is 71.1 cm³/mol. The first kappa shape index (κ1) is 16.4. The lowest BCUT2D eigenvalue weighted by molar-refractivity contribution is 0.0335. The number of nitrogens with two attached hydrogens (primary N) is 1. The Hall–Kier alpha value is -1.64. The van der Waals surface area contributed by atoms with Gasteiger partial charge in [0.05, 0.1) is 19.3 Å². The van der Waals surface area contributed by atoms with E-state index in [9.17, 15) is 13.2 Å². The molecule has 2 N–H and O–H groups in total. The quantitative estimate of drug-likeness (QED) is 0.582. The fraction of sp³-hybridized carbons (Fsp3) is 0.417. The Morgan fingerprint density at radius 1 is 1.30 bits per heavy atom. The summed E-state index contributed by atoms with van der Waals surface area (Å²) >= 11 is 0. The molecule has 1 aromatic rings. The van der Waals surface area contributed by atoms with E-state index in [1.54, 1.807) is 0 Å². The molecular formula is C12H17NO6S. The zero-order chi connectivity index (χ0) is 15.2. The molecular weight excluding hydrogens is 286 g/mol. The van der Waals surface area contributed by atoms with Crippen molar-refractivity contribution in [2.75, 3.05) is 26.9 Å². The van der Waals surface area contributed by atoms with Crippen LogP contribution in [0.25, 0.3) is 0 Å². The molecule has 1 aromatic carbocycles. The van der Waals surface area contributed by atoms with E-state index < -0.39 is 16.0 Å². The standard InChI is InChI=1S/C12H17NO6S/c1-3-18-6-7-19-12(14)9-4-5-10(17-2)11(8-9)20(13,15)16/h4-5,8H,3,6-7H2,1-2H3,(H2,13,15,16). The number of carbonyl (C=O) groups is 1. The van der Waals surface area contributed by atoms with Gasteiger partial charge in [-0.15, -0.1) is 0 Å². The lowest BCUT2D eigenvalue weighted by atomic mass is 10.2. The third kappa shape index (κ3) is 4.48. The number of primary sulfonamides is 1. The van der Waals surface area contributed by atoms with Gasteiger partial charge in [-0.05, 0) is 25.1 Å². The SMILES string of the molecule is CCOCCOC(=O)c1ccc(OC)c(S(N)(=O)=O)c1. The van der Waals surface area contributed by atoms with E-state index in [2.05, 4.69) is 0 Å². The molecule has 0 bridgehead atoms. The van der Waals surface area contributed by atoms with Crippen molar-refractivity contribution in [1.29, 1.82) is 0 Å². The molecule has 0 amide bonds. The second kappa shape index (κ2) is 7.22. The molecule has 0 heterocycles. The molecule has 0 saturated heterocycles. The number of carbonyl (C=O) groups excluding carboxylic acids is 1.